The van der Waals surface area contributed by atoms with Crippen LogP contribution in [0.4, 0.5) is 0 Å². The highest BCUT2D eigenvalue weighted by molar-refractivity contribution is 5.39. The zero-order chi connectivity index (χ0) is 14.6. The number of aromatic nitrogens is 2. The number of rotatable bonds is 4. The Morgan fingerprint density at radius 3 is 2.35 bits per heavy atom. The lowest BCUT2D eigenvalue weighted by Gasteiger charge is -2.28. The lowest BCUT2D eigenvalue weighted by Crippen LogP contribution is -2.26. The minimum absolute atomic E-state index is 0.111. The van der Waals surface area contributed by atoms with Crippen molar-refractivity contribution in [1.82, 2.24) is 15.3 Å². The van der Waals surface area contributed by atoms with Crippen LogP contribution in [0.5, 0.6) is 0 Å². The third kappa shape index (κ3) is 3.23. The lowest BCUT2D eigenvalue weighted by atomic mass is 9.81. The van der Waals surface area contributed by atoms with Crippen LogP contribution in [0, 0.1) is 0 Å². The highest BCUT2D eigenvalue weighted by atomic mass is 14.9. The molecule has 0 bridgehead atoms. The predicted octanol–water partition coefficient (Wildman–Crippen LogP) is 3.47. The topological polar surface area (TPSA) is 37.8 Å². The molecule has 2 aromatic rings. The highest BCUT2D eigenvalue weighted by Crippen LogP contribution is 2.32. The molecule has 1 aromatic heterocycles. The maximum Gasteiger partial charge on any atom is 0.115 e. The van der Waals surface area contributed by atoms with Crippen molar-refractivity contribution in [3.8, 4) is 0 Å². The molecule has 1 atom stereocenters. The van der Waals surface area contributed by atoms with Gasteiger partial charge in [0.2, 0.25) is 0 Å². The second-order valence-corrected chi connectivity index (χ2v) is 6.00. The molecular formula is C17H23N3. The molecule has 0 aliphatic rings. The van der Waals surface area contributed by atoms with Gasteiger partial charge in [-0.2, -0.15) is 0 Å². The molecular weight excluding hydrogens is 246 g/mol. The van der Waals surface area contributed by atoms with Gasteiger partial charge in [-0.25, -0.2) is 9.97 Å². The summed E-state index contributed by atoms with van der Waals surface area (Å²) in [7, 11) is 0. The van der Waals surface area contributed by atoms with Crippen LogP contribution in [0.2, 0.25) is 0 Å². The van der Waals surface area contributed by atoms with Crippen molar-refractivity contribution in [2.24, 2.45) is 0 Å². The van der Waals surface area contributed by atoms with Crippen molar-refractivity contribution in [1.29, 1.82) is 0 Å². The highest BCUT2D eigenvalue weighted by Gasteiger charge is 2.23. The van der Waals surface area contributed by atoms with E-state index in [9.17, 15) is 0 Å². The minimum Gasteiger partial charge on any atom is -0.306 e. The monoisotopic (exact) mass is 269 g/mol. The molecule has 3 nitrogen and oxygen atoms in total. The Balaban J connectivity index is 2.51. The van der Waals surface area contributed by atoms with Crippen LogP contribution in [0.1, 0.15) is 50.4 Å². The molecule has 0 spiro atoms. The lowest BCUT2D eigenvalue weighted by molar-refractivity contribution is 0.556. The molecule has 20 heavy (non-hydrogen) atoms. The molecule has 2 rings (SSSR count). The minimum atomic E-state index is 0.111. The van der Waals surface area contributed by atoms with Crippen LogP contribution in [0.3, 0.4) is 0 Å². The summed E-state index contributed by atoms with van der Waals surface area (Å²) < 4.78 is 0. The fourth-order valence-electron chi connectivity index (χ4n) is 2.50. The number of nitrogens with one attached hydrogen (secondary N) is 1. The maximum absolute atomic E-state index is 4.15. The molecule has 1 N–H and O–H groups in total. The summed E-state index contributed by atoms with van der Waals surface area (Å²) >= 11 is 0. The second-order valence-electron chi connectivity index (χ2n) is 6.00. The average molecular weight is 269 g/mol. The van der Waals surface area contributed by atoms with Gasteiger partial charge >= 0.3 is 0 Å². The van der Waals surface area contributed by atoms with Gasteiger partial charge in [0, 0.05) is 18.0 Å². The Kier molecular flexibility index (Phi) is 4.50. The fraction of sp³-hybridized carbons (Fsp3) is 0.412. The number of hydrogen-bond acceptors (Lipinski definition) is 3. The third-order valence-electron chi connectivity index (χ3n) is 3.40. The van der Waals surface area contributed by atoms with Crippen molar-refractivity contribution < 1.29 is 0 Å². The van der Waals surface area contributed by atoms with Crippen LogP contribution in [0.15, 0.2) is 43.0 Å². The van der Waals surface area contributed by atoms with Gasteiger partial charge in [0.25, 0.3) is 0 Å². The second kappa shape index (κ2) is 6.14. The van der Waals surface area contributed by atoms with Crippen molar-refractivity contribution >= 4 is 0 Å². The average Bonchev–Trinajstić information content (AvgIpc) is 2.45. The van der Waals surface area contributed by atoms with E-state index in [1.807, 2.05) is 12.4 Å². The molecule has 0 aliphatic carbocycles. The quantitative estimate of drug-likeness (QED) is 0.923. The van der Waals surface area contributed by atoms with E-state index in [4.69, 9.17) is 0 Å². The normalized spacial score (nSPS) is 13.2. The van der Waals surface area contributed by atoms with E-state index < -0.39 is 0 Å². The van der Waals surface area contributed by atoms with Gasteiger partial charge in [-0.3, -0.25) is 0 Å². The first-order valence-electron chi connectivity index (χ1n) is 7.11. The SMILES string of the molecule is CCNC(c1cncnc1)c1ccccc1C(C)(C)C. The Morgan fingerprint density at radius 1 is 1.10 bits per heavy atom. The first-order chi connectivity index (χ1) is 9.54. The summed E-state index contributed by atoms with van der Waals surface area (Å²) in [5.74, 6) is 0. The third-order valence-corrected chi connectivity index (χ3v) is 3.40. The van der Waals surface area contributed by atoms with E-state index >= 15 is 0 Å². The standard InChI is InChI=1S/C17H23N3/c1-5-20-16(13-10-18-12-19-11-13)14-8-6-7-9-15(14)17(2,3)4/h6-12,16,20H,5H2,1-4H3. The van der Waals surface area contributed by atoms with Gasteiger partial charge in [-0.1, -0.05) is 52.0 Å². The van der Waals surface area contributed by atoms with E-state index in [0.717, 1.165) is 12.1 Å². The van der Waals surface area contributed by atoms with Crippen molar-refractivity contribution in [3.05, 3.63) is 59.7 Å². The molecule has 106 valence electrons. The molecule has 0 saturated heterocycles. The van der Waals surface area contributed by atoms with Crippen molar-refractivity contribution in [2.75, 3.05) is 6.54 Å². The molecule has 1 unspecified atom stereocenters. The summed E-state index contributed by atoms with van der Waals surface area (Å²) in [4.78, 5) is 8.31. The van der Waals surface area contributed by atoms with Gasteiger partial charge in [-0.05, 0) is 23.1 Å². The molecule has 0 radical (unpaired) electrons. The van der Waals surface area contributed by atoms with E-state index in [0.29, 0.717) is 0 Å². The Hall–Kier alpha value is -1.74. The zero-order valence-electron chi connectivity index (χ0n) is 12.7. The van der Waals surface area contributed by atoms with E-state index in [-0.39, 0.29) is 11.5 Å². The molecule has 1 heterocycles. The molecule has 3 heteroatoms. The summed E-state index contributed by atoms with van der Waals surface area (Å²) in [6, 6.07) is 8.74. The van der Waals surface area contributed by atoms with E-state index in [2.05, 4.69) is 67.2 Å². The number of nitrogens with zero attached hydrogens (tertiary/aromatic N) is 2. The fourth-order valence-corrected chi connectivity index (χ4v) is 2.50. The summed E-state index contributed by atoms with van der Waals surface area (Å²) in [6.07, 6.45) is 5.35. The summed E-state index contributed by atoms with van der Waals surface area (Å²) in [6.45, 7) is 9.76. The number of benzene rings is 1. The van der Waals surface area contributed by atoms with Gasteiger partial charge < -0.3 is 5.32 Å². The van der Waals surface area contributed by atoms with Crippen LogP contribution in [0.25, 0.3) is 0 Å². The van der Waals surface area contributed by atoms with Crippen LogP contribution in [-0.4, -0.2) is 16.5 Å². The van der Waals surface area contributed by atoms with Gasteiger partial charge in [0.15, 0.2) is 0 Å². The molecule has 0 fully saturated rings. The maximum atomic E-state index is 4.15. The van der Waals surface area contributed by atoms with Gasteiger partial charge in [-0.15, -0.1) is 0 Å². The summed E-state index contributed by atoms with van der Waals surface area (Å²) in [5, 5.41) is 3.55. The van der Waals surface area contributed by atoms with Crippen molar-refractivity contribution in [2.45, 2.75) is 39.2 Å². The van der Waals surface area contributed by atoms with Crippen LogP contribution in [-0.2, 0) is 5.41 Å². The molecule has 1 aromatic carbocycles. The Morgan fingerprint density at radius 2 is 1.75 bits per heavy atom. The van der Waals surface area contributed by atoms with Gasteiger partial charge in [0.05, 0.1) is 6.04 Å². The largest absolute Gasteiger partial charge is 0.306 e. The van der Waals surface area contributed by atoms with Crippen LogP contribution >= 0.6 is 0 Å². The van der Waals surface area contributed by atoms with E-state index in [1.54, 1.807) is 6.33 Å². The summed E-state index contributed by atoms with van der Waals surface area (Å²) in [5.41, 5.74) is 3.87. The molecule has 0 amide bonds. The van der Waals surface area contributed by atoms with Crippen molar-refractivity contribution in [3.63, 3.8) is 0 Å². The van der Waals surface area contributed by atoms with Gasteiger partial charge in [0.1, 0.15) is 6.33 Å². The predicted molar refractivity (Wildman–Crippen MR) is 82.7 cm³/mol. The Labute approximate surface area is 121 Å². The Bertz CT molecular complexity index is 544. The van der Waals surface area contributed by atoms with Crippen LogP contribution < -0.4 is 5.32 Å². The smallest absolute Gasteiger partial charge is 0.115 e. The van der Waals surface area contributed by atoms with E-state index in [1.165, 1.54) is 11.1 Å². The molecule has 0 aliphatic heterocycles. The first kappa shape index (κ1) is 14.7. The number of hydrogen-bond donors (Lipinski definition) is 1. The molecule has 0 saturated carbocycles. The first-order valence-corrected chi connectivity index (χ1v) is 7.11. The zero-order valence-corrected chi connectivity index (χ0v) is 12.7.